The number of nitrogens with zero attached hydrogens (tertiary/aromatic N) is 2. The van der Waals surface area contributed by atoms with Crippen LogP contribution in [0.25, 0.3) is 17.3 Å². The fourth-order valence-corrected chi connectivity index (χ4v) is 2.25. The number of pyridine rings is 1. The Labute approximate surface area is 135 Å². The summed E-state index contributed by atoms with van der Waals surface area (Å²) in [6.07, 6.45) is 4.74. The van der Waals surface area contributed by atoms with Crippen LogP contribution in [-0.2, 0) is 9.31 Å². The van der Waals surface area contributed by atoms with Gasteiger partial charge in [0.05, 0.1) is 28.8 Å². The molecule has 1 aliphatic heterocycles. The van der Waals surface area contributed by atoms with Gasteiger partial charge in [-0.05, 0) is 45.9 Å². The van der Waals surface area contributed by atoms with Gasteiger partial charge < -0.3 is 9.31 Å². The van der Waals surface area contributed by atoms with Crippen LogP contribution in [-0.4, -0.2) is 33.5 Å². The van der Waals surface area contributed by atoms with Crippen molar-refractivity contribution < 1.29 is 13.7 Å². The van der Waals surface area contributed by atoms with E-state index in [1.807, 2.05) is 39.8 Å². The van der Waals surface area contributed by atoms with E-state index >= 15 is 0 Å². The number of hydrogen-bond acceptors (Lipinski definition) is 4. The summed E-state index contributed by atoms with van der Waals surface area (Å²) in [7, 11) is -1.01. The van der Waals surface area contributed by atoms with E-state index in [0.717, 1.165) is 5.56 Å². The van der Waals surface area contributed by atoms with Crippen molar-refractivity contribution in [3.63, 3.8) is 0 Å². The van der Waals surface area contributed by atoms with Gasteiger partial charge in [-0.3, -0.25) is 5.10 Å². The largest absolute Gasteiger partial charge is 0.525 e. The lowest BCUT2D eigenvalue weighted by Crippen LogP contribution is -2.41. The predicted molar refractivity (Wildman–Crippen MR) is 87.0 cm³/mol. The highest BCUT2D eigenvalue weighted by molar-refractivity contribution is 6.54. The maximum Gasteiger partial charge on any atom is 0.525 e. The van der Waals surface area contributed by atoms with Gasteiger partial charge in [-0.25, -0.2) is 9.37 Å². The first kappa shape index (κ1) is 15.9. The molecule has 1 fully saturated rings. The Bertz CT molecular complexity index is 713. The van der Waals surface area contributed by atoms with Crippen molar-refractivity contribution >= 4 is 13.2 Å². The Balaban J connectivity index is 1.84. The average Bonchev–Trinajstić information content (AvgIpc) is 3.06. The second-order valence-electron chi connectivity index (χ2n) is 6.55. The maximum atomic E-state index is 14.5. The number of rotatable bonds is 3. The van der Waals surface area contributed by atoms with Crippen LogP contribution in [0.2, 0.25) is 0 Å². The lowest BCUT2D eigenvalue weighted by Gasteiger charge is -2.32. The normalized spacial score (nSPS) is 20.0. The number of H-pyrrole nitrogens is 1. The SMILES string of the molecule is CC1(C)OB(C(F)=Cc2cccc(-c3cn[nH]c3)n2)OC1(C)C. The molecule has 0 saturated carbocycles. The Morgan fingerprint density at radius 2 is 1.91 bits per heavy atom. The number of halogens is 1. The molecule has 3 heterocycles. The predicted octanol–water partition coefficient (Wildman–Crippen LogP) is 3.41. The molecule has 0 amide bonds. The molecule has 0 radical (unpaired) electrons. The van der Waals surface area contributed by atoms with Crippen LogP contribution in [0, 0.1) is 0 Å². The molecule has 0 aromatic carbocycles. The fourth-order valence-electron chi connectivity index (χ4n) is 2.25. The van der Waals surface area contributed by atoms with Crippen molar-refractivity contribution in [1.82, 2.24) is 15.2 Å². The van der Waals surface area contributed by atoms with Crippen LogP contribution in [0.1, 0.15) is 33.4 Å². The highest BCUT2D eigenvalue weighted by Crippen LogP contribution is 2.39. The van der Waals surface area contributed by atoms with Gasteiger partial charge in [-0.2, -0.15) is 5.10 Å². The minimum Gasteiger partial charge on any atom is -0.398 e. The maximum absolute atomic E-state index is 14.5. The third-order valence-corrected chi connectivity index (χ3v) is 4.33. The average molecular weight is 315 g/mol. The molecule has 0 spiro atoms. The van der Waals surface area contributed by atoms with E-state index in [1.54, 1.807) is 18.5 Å². The number of aromatic nitrogens is 3. The molecule has 1 aliphatic rings. The van der Waals surface area contributed by atoms with Crippen molar-refractivity contribution in [2.45, 2.75) is 38.9 Å². The number of aromatic amines is 1. The Hall–Kier alpha value is -1.99. The molecule has 0 unspecified atom stereocenters. The molecular weight excluding hydrogens is 296 g/mol. The Morgan fingerprint density at radius 3 is 2.52 bits per heavy atom. The first-order valence-electron chi connectivity index (χ1n) is 7.47. The summed E-state index contributed by atoms with van der Waals surface area (Å²) in [4.78, 5) is 4.41. The molecule has 5 nitrogen and oxygen atoms in total. The molecule has 3 rings (SSSR count). The lowest BCUT2D eigenvalue weighted by atomic mass is 9.87. The van der Waals surface area contributed by atoms with E-state index in [0.29, 0.717) is 11.4 Å². The number of hydrogen-bond donors (Lipinski definition) is 1. The van der Waals surface area contributed by atoms with E-state index in [9.17, 15) is 4.39 Å². The molecule has 1 N–H and O–H groups in total. The van der Waals surface area contributed by atoms with E-state index in [2.05, 4.69) is 15.2 Å². The van der Waals surface area contributed by atoms with Gasteiger partial charge in [0.2, 0.25) is 0 Å². The summed E-state index contributed by atoms with van der Waals surface area (Å²) in [5.74, 6) is 0. The van der Waals surface area contributed by atoms with Gasteiger partial charge in [0, 0.05) is 11.8 Å². The minimum atomic E-state index is -1.01. The van der Waals surface area contributed by atoms with Crippen LogP contribution in [0.3, 0.4) is 0 Å². The van der Waals surface area contributed by atoms with Crippen LogP contribution in [0.15, 0.2) is 36.3 Å². The topological polar surface area (TPSA) is 60.0 Å². The summed E-state index contributed by atoms with van der Waals surface area (Å²) in [5, 5.41) is 6.62. The zero-order chi connectivity index (χ0) is 16.7. The van der Waals surface area contributed by atoms with E-state index in [-0.39, 0.29) is 0 Å². The summed E-state index contributed by atoms with van der Waals surface area (Å²) in [6, 6.07) is 5.39. The van der Waals surface area contributed by atoms with Crippen molar-refractivity contribution in [3.05, 3.63) is 42.0 Å². The highest BCUT2D eigenvalue weighted by atomic mass is 19.1. The summed E-state index contributed by atoms with van der Waals surface area (Å²) in [5.41, 5.74) is 0.408. The molecule has 0 bridgehead atoms. The van der Waals surface area contributed by atoms with Crippen molar-refractivity contribution in [1.29, 1.82) is 0 Å². The van der Waals surface area contributed by atoms with Gasteiger partial charge in [0.1, 0.15) is 5.73 Å². The number of nitrogens with one attached hydrogen (secondary N) is 1. The fraction of sp³-hybridized carbons (Fsp3) is 0.375. The summed E-state index contributed by atoms with van der Waals surface area (Å²) >= 11 is 0. The van der Waals surface area contributed by atoms with Gasteiger partial charge in [0.15, 0.2) is 0 Å². The van der Waals surface area contributed by atoms with Gasteiger partial charge in [-0.1, -0.05) is 6.07 Å². The van der Waals surface area contributed by atoms with Crippen LogP contribution in [0.4, 0.5) is 4.39 Å². The van der Waals surface area contributed by atoms with E-state index in [4.69, 9.17) is 9.31 Å². The standard InChI is InChI=1S/C16H19BFN3O2/c1-15(2)16(3,4)23-17(22-15)14(18)8-12-6-5-7-13(21-12)11-9-19-20-10-11/h5-10H,1-4H3,(H,19,20). The quantitative estimate of drug-likeness (QED) is 0.882. The first-order valence-corrected chi connectivity index (χ1v) is 7.47. The zero-order valence-electron chi connectivity index (χ0n) is 13.6. The molecule has 7 heteroatoms. The zero-order valence-corrected chi connectivity index (χ0v) is 13.6. The highest BCUT2D eigenvalue weighted by Gasteiger charge is 2.53. The second kappa shape index (κ2) is 5.58. The summed E-state index contributed by atoms with van der Waals surface area (Å²) in [6.45, 7) is 7.55. The molecule has 2 aromatic heterocycles. The third-order valence-electron chi connectivity index (χ3n) is 4.33. The Morgan fingerprint density at radius 1 is 1.22 bits per heavy atom. The molecular formula is C16H19BFN3O2. The minimum absolute atomic E-state index is 0.496. The first-order chi connectivity index (χ1) is 10.8. The summed E-state index contributed by atoms with van der Waals surface area (Å²) < 4.78 is 25.9. The molecule has 1 saturated heterocycles. The van der Waals surface area contributed by atoms with Gasteiger partial charge in [0.25, 0.3) is 0 Å². The lowest BCUT2D eigenvalue weighted by molar-refractivity contribution is 0.00578. The van der Waals surface area contributed by atoms with E-state index in [1.165, 1.54) is 6.08 Å². The van der Waals surface area contributed by atoms with Gasteiger partial charge in [-0.15, -0.1) is 0 Å². The molecule has 0 atom stereocenters. The second-order valence-corrected chi connectivity index (χ2v) is 6.55. The smallest absolute Gasteiger partial charge is 0.398 e. The van der Waals surface area contributed by atoms with E-state index < -0.39 is 24.0 Å². The van der Waals surface area contributed by atoms with Crippen molar-refractivity contribution in [2.24, 2.45) is 0 Å². The van der Waals surface area contributed by atoms with Crippen molar-refractivity contribution in [3.8, 4) is 11.3 Å². The third kappa shape index (κ3) is 3.07. The molecule has 23 heavy (non-hydrogen) atoms. The molecule has 2 aromatic rings. The molecule has 120 valence electrons. The van der Waals surface area contributed by atoms with Crippen LogP contribution < -0.4 is 0 Å². The Kier molecular flexibility index (Phi) is 3.86. The van der Waals surface area contributed by atoms with Crippen molar-refractivity contribution in [2.75, 3.05) is 0 Å². The molecule has 0 aliphatic carbocycles. The monoisotopic (exact) mass is 315 g/mol. The van der Waals surface area contributed by atoms with Crippen LogP contribution in [0.5, 0.6) is 0 Å². The van der Waals surface area contributed by atoms with Gasteiger partial charge >= 0.3 is 7.12 Å². The van der Waals surface area contributed by atoms with Crippen LogP contribution >= 0.6 is 0 Å².